The molecule has 2 heterocycles. The monoisotopic (exact) mass is 341 g/mol. The van der Waals surface area contributed by atoms with Gasteiger partial charge in [-0.3, -0.25) is 14.6 Å². The van der Waals surface area contributed by atoms with Crippen molar-refractivity contribution >= 4 is 5.91 Å². The normalized spacial score (nSPS) is 17.0. The molecule has 0 bridgehead atoms. The van der Waals surface area contributed by atoms with Crippen molar-refractivity contribution in [2.45, 2.75) is 32.6 Å². The van der Waals surface area contributed by atoms with Crippen molar-refractivity contribution < 1.29 is 4.79 Å². The lowest BCUT2D eigenvalue weighted by atomic mass is 9.99. The number of carbonyl (C=O) groups is 1. The Kier molecular flexibility index (Phi) is 5.16. The van der Waals surface area contributed by atoms with Crippen LogP contribution in [0.25, 0.3) is 0 Å². The average molecular weight is 341 g/mol. The van der Waals surface area contributed by atoms with Crippen LogP contribution in [0.1, 0.15) is 29.7 Å². The quantitative estimate of drug-likeness (QED) is 0.862. The van der Waals surface area contributed by atoms with Crippen LogP contribution in [0.3, 0.4) is 0 Å². The van der Waals surface area contributed by atoms with Crippen molar-refractivity contribution in [1.82, 2.24) is 14.9 Å². The smallest absolute Gasteiger partial charge is 0.325 e. The average Bonchev–Trinajstić information content (AvgIpc) is 3.03. The molecule has 2 aromatic rings. The van der Waals surface area contributed by atoms with Gasteiger partial charge in [0.15, 0.2) is 0 Å². The van der Waals surface area contributed by atoms with E-state index in [4.69, 9.17) is 0 Å². The van der Waals surface area contributed by atoms with Crippen molar-refractivity contribution in [3.8, 4) is 0 Å². The van der Waals surface area contributed by atoms with Gasteiger partial charge in [-0.25, -0.2) is 4.79 Å². The molecule has 1 aliphatic heterocycles. The lowest BCUT2D eigenvalue weighted by molar-refractivity contribution is -0.130. The fraction of sp³-hybridized carbons (Fsp3) is 0.421. The molecule has 1 amide bonds. The van der Waals surface area contributed by atoms with E-state index >= 15 is 0 Å². The summed E-state index contributed by atoms with van der Waals surface area (Å²) in [6, 6.07) is 10.3. The molecule has 1 atom stereocenters. The van der Waals surface area contributed by atoms with Crippen LogP contribution in [0, 0.1) is 12.8 Å². The third kappa shape index (κ3) is 4.26. The van der Waals surface area contributed by atoms with Crippen LogP contribution in [0.2, 0.25) is 0 Å². The van der Waals surface area contributed by atoms with Gasteiger partial charge < -0.3 is 9.88 Å². The minimum atomic E-state index is -0.513. The summed E-state index contributed by atoms with van der Waals surface area (Å²) < 4.78 is 0. The van der Waals surface area contributed by atoms with Gasteiger partial charge in [-0.15, -0.1) is 0 Å². The summed E-state index contributed by atoms with van der Waals surface area (Å²) in [5, 5.41) is 0. The number of rotatable bonds is 5. The van der Waals surface area contributed by atoms with Crippen molar-refractivity contribution in [2.24, 2.45) is 5.92 Å². The number of aromatic amines is 2. The molecule has 2 N–H and O–H groups in total. The van der Waals surface area contributed by atoms with Gasteiger partial charge in [-0.1, -0.05) is 30.3 Å². The molecule has 1 aromatic carbocycles. The SMILES string of the molecule is Cc1[nH]c(=O)[nH]c(=O)c1CCC(=O)N1CCC(Cc2ccccc2)C1. The van der Waals surface area contributed by atoms with Gasteiger partial charge >= 0.3 is 5.69 Å². The van der Waals surface area contributed by atoms with Gasteiger partial charge in [-0.2, -0.15) is 0 Å². The van der Waals surface area contributed by atoms with E-state index in [1.54, 1.807) is 6.92 Å². The van der Waals surface area contributed by atoms with E-state index in [0.29, 0.717) is 23.6 Å². The summed E-state index contributed by atoms with van der Waals surface area (Å²) in [5.74, 6) is 0.560. The number of hydrogen-bond donors (Lipinski definition) is 2. The van der Waals surface area contributed by atoms with Gasteiger partial charge in [0.2, 0.25) is 5.91 Å². The Morgan fingerprint density at radius 1 is 1.20 bits per heavy atom. The number of hydrogen-bond acceptors (Lipinski definition) is 3. The number of H-pyrrole nitrogens is 2. The van der Waals surface area contributed by atoms with Crippen LogP contribution in [0.15, 0.2) is 39.9 Å². The summed E-state index contributed by atoms with van der Waals surface area (Å²) in [4.78, 5) is 42.2. The zero-order valence-electron chi connectivity index (χ0n) is 14.4. The first-order valence-electron chi connectivity index (χ1n) is 8.66. The number of likely N-dealkylation sites (tertiary alicyclic amines) is 1. The second-order valence-electron chi connectivity index (χ2n) is 6.70. The third-order valence-electron chi connectivity index (χ3n) is 4.85. The molecular weight excluding hydrogens is 318 g/mol. The third-order valence-corrected chi connectivity index (χ3v) is 4.85. The molecule has 3 rings (SSSR count). The summed E-state index contributed by atoms with van der Waals surface area (Å²) >= 11 is 0. The predicted octanol–water partition coefficient (Wildman–Crippen LogP) is 1.40. The maximum atomic E-state index is 12.4. The highest BCUT2D eigenvalue weighted by Crippen LogP contribution is 2.21. The fourth-order valence-corrected chi connectivity index (χ4v) is 3.49. The van der Waals surface area contributed by atoms with Crippen LogP contribution >= 0.6 is 0 Å². The van der Waals surface area contributed by atoms with E-state index in [-0.39, 0.29) is 12.3 Å². The molecule has 1 unspecified atom stereocenters. The van der Waals surface area contributed by atoms with Crippen molar-refractivity contribution in [2.75, 3.05) is 13.1 Å². The Hall–Kier alpha value is -2.63. The topological polar surface area (TPSA) is 86.0 Å². The second kappa shape index (κ2) is 7.51. The van der Waals surface area contributed by atoms with E-state index in [1.807, 2.05) is 23.1 Å². The Balaban J connectivity index is 1.54. The summed E-state index contributed by atoms with van der Waals surface area (Å²) in [5.41, 5.74) is 1.40. The number of aryl methyl sites for hydroxylation is 1. The van der Waals surface area contributed by atoms with E-state index in [0.717, 1.165) is 25.9 Å². The zero-order valence-corrected chi connectivity index (χ0v) is 14.4. The lowest BCUT2D eigenvalue weighted by Gasteiger charge is -2.17. The minimum Gasteiger partial charge on any atom is -0.342 e. The Labute approximate surface area is 145 Å². The maximum Gasteiger partial charge on any atom is 0.325 e. The van der Waals surface area contributed by atoms with E-state index in [1.165, 1.54) is 5.56 Å². The highest BCUT2D eigenvalue weighted by molar-refractivity contribution is 5.76. The summed E-state index contributed by atoms with van der Waals surface area (Å²) in [7, 11) is 0. The van der Waals surface area contributed by atoms with E-state index < -0.39 is 11.2 Å². The molecule has 6 nitrogen and oxygen atoms in total. The number of carbonyl (C=O) groups excluding carboxylic acids is 1. The molecule has 1 aromatic heterocycles. The number of benzene rings is 1. The van der Waals surface area contributed by atoms with Gasteiger partial charge in [0.05, 0.1) is 0 Å². The number of nitrogens with zero attached hydrogens (tertiary/aromatic N) is 1. The van der Waals surface area contributed by atoms with E-state index in [2.05, 4.69) is 22.1 Å². The van der Waals surface area contributed by atoms with Gasteiger partial charge in [0.1, 0.15) is 0 Å². The van der Waals surface area contributed by atoms with Gasteiger partial charge in [0, 0.05) is 30.8 Å². The lowest BCUT2D eigenvalue weighted by Crippen LogP contribution is -2.31. The molecule has 0 spiro atoms. The van der Waals surface area contributed by atoms with Crippen molar-refractivity contribution in [3.63, 3.8) is 0 Å². The van der Waals surface area contributed by atoms with Gasteiger partial charge in [0.25, 0.3) is 5.56 Å². The predicted molar refractivity (Wildman–Crippen MR) is 95.6 cm³/mol. The maximum absolute atomic E-state index is 12.4. The first kappa shape index (κ1) is 17.2. The first-order chi connectivity index (χ1) is 12.0. The molecule has 0 radical (unpaired) electrons. The molecule has 0 saturated carbocycles. The first-order valence-corrected chi connectivity index (χ1v) is 8.66. The molecule has 1 fully saturated rings. The highest BCUT2D eigenvalue weighted by Gasteiger charge is 2.26. The summed E-state index contributed by atoms with van der Waals surface area (Å²) in [6.07, 6.45) is 2.63. The van der Waals surface area contributed by atoms with E-state index in [9.17, 15) is 14.4 Å². The Bertz CT molecular complexity index is 854. The minimum absolute atomic E-state index is 0.0700. The van der Waals surface area contributed by atoms with Crippen LogP contribution in [0.5, 0.6) is 0 Å². The number of aromatic nitrogens is 2. The van der Waals surface area contributed by atoms with Crippen LogP contribution in [0.4, 0.5) is 0 Å². The largest absolute Gasteiger partial charge is 0.342 e. The Morgan fingerprint density at radius 2 is 1.96 bits per heavy atom. The van der Waals surface area contributed by atoms with Crippen LogP contribution in [-0.4, -0.2) is 33.9 Å². The molecule has 25 heavy (non-hydrogen) atoms. The highest BCUT2D eigenvalue weighted by atomic mass is 16.2. The molecule has 6 heteroatoms. The zero-order chi connectivity index (χ0) is 17.8. The summed E-state index contributed by atoms with van der Waals surface area (Å²) in [6.45, 7) is 3.23. The van der Waals surface area contributed by atoms with Crippen molar-refractivity contribution in [1.29, 1.82) is 0 Å². The second-order valence-corrected chi connectivity index (χ2v) is 6.70. The number of amides is 1. The standard InChI is InChI=1S/C19H23N3O3/c1-13-16(18(24)21-19(25)20-13)7-8-17(23)22-10-9-15(12-22)11-14-5-3-2-4-6-14/h2-6,15H,7-12H2,1H3,(H2,20,21,24,25). The molecule has 1 aliphatic rings. The van der Waals surface area contributed by atoms with Gasteiger partial charge in [-0.05, 0) is 37.7 Å². The van der Waals surface area contributed by atoms with Crippen molar-refractivity contribution in [3.05, 3.63) is 68.0 Å². The fourth-order valence-electron chi connectivity index (χ4n) is 3.49. The number of nitrogens with one attached hydrogen (secondary N) is 2. The molecular formula is C19H23N3O3. The molecule has 1 saturated heterocycles. The molecule has 132 valence electrons. The van der Waals surface area contributed by atoms with Crippen LogP contribution < -0.4 is 11.2 Å². The molecule has 0 aliphatic carbocycles. The van der Waals surface area contributed by atoms with Crippen LogP contribution in [-0.2, 0) is 17.6 Å². The Morgan fingerprint density at radius 3 is 2.68 bits per heavy atom.